The van der Waals surface area contributed by atoms with Crippen LogP contribution in [-0.4, -0.2) is 29.0 Å². The van der Waals surface area contributed by atoms with Crippen molar-refractivity contribution in [2.45, 2.75) is 69.7 Å². The van der Waals surface area contributed by atoms with Gasteiger partial charge in [0.05, 0.1) is 4.99 Å². The molecule has 2 nitrogen and oxygen atoms in total. The van der Waals surface area contributed by atoms with Gasteiger partial charge in [-0.3, -0.25) is 0 Å². The summed E-state index contributed by atoms with van der Waals surface area (Å²) >= 11 is 6.24. The van der Waals surface area contributed by atoms with Gasteiger partial charge < -0.3 is 10.6 Å². The lowest BCUT2D eigenvalue weighted by Crippen LogP contribution is -2.62. The van der Waals surface area contributed by atoms with E-state index in [0.29, 0.717) is 16.9 Å². The molecule has 26 heavy (non-hydrogen) atoms. The molecule has 4 saturated carbocycles. The molecular formula is C23H32N2S. The predicted octanol–water partition coefficient (Wildman–Crippen LogP) is 4.67. The number of nitrogens with zero attached hydrogens (tertiary/aromatic N) is 1. The van der Waals surface area contributed by atoms with Gasteiger partial charge in [-0.25, -0.2) is 0 Å². The van der Waals surface area contributed by atoms with Crippen LogP contribution >= 0.6 is 12.2 Å². The lowest BCUT2D eigenvalue weighted by atomic mass is 9.38. The molecule has 2 N–H and O–H groups in total. The fourth-order valence-electron chi connectivity index (χ4n) is 7.71. The molecule has 1 heterocycles. The van der Waals surface area contributed by atoms with Gasteiger partial charge in [0.25, 0.3) is 0 Å². The van der Waals surface area contributed by atoms with Gasteiger partial charge in [0.1, 0.15) is 0 Å². The van der Waals surface area contributed by atoms with Crippen LogP contribution in [0, 0.1) is 16.7 Å². The van der Waals surface area contributed by atoms with Crippen LogP contribution < -0.4 is 5.73 Å². The molecule has 4 aliphatic carbocycles. The fourth-order valence-corrected chi connectivity index (χ4v) is 8.12. The van der Waals surface area contributed by atoms with E-state index in [-0.39, 0.29) is 5.41 Å². The fraction of sp³-hybridized carbons (Fsp3) is 0.696. The second-order valence-electron chi connectivity index (χ2n) is 10.4. The van der Waals surface area contributed by atoms with E-state index in [0.717, 1.165) is 31.8 Å². The van der Waals surface area contributed by atoms with E-state index in [9.17, 15) is 0 Å². The third-order valence-corrected chi connectivity index (χ3v) is 8.71. The van der Waals surface area contributed by atoms with Crippen LogP contribution in [0.15, 0.2) is 30.3 Å². The van der Waals surface area contributed by atoms with Crippen molar-refractivity contribution in [2.24, 2.45) is 22.5 Å². The first-order valence-corrected chi connectivity index (χ1v) is 10.9. The summed E-state index contributed by atoms with van der Waals surface area (Å²) in [5.74, 6) is 0.849. The van der Waals surface area contributed by atoms with Gasteiger partial charge in [0, 0.05) is 24.5 Å². The van der Waals surface area contributed by atoms with E-state index >= 15 is 0 Å². The van der Waals surface area contributed by atoms with Crippen LogP contribution in [0.1, 0.15) is 63.9 Å². The van der Waals surface area contributed by atoms with Crippen LogP contribution in [0.25, 0.3) is 0 Å². The Morgan fingerprint density at radius 1 is 1.04 bits per heavy atom. The van der Waals surface area contributed by atoms with Crippen LogP contribution in [-0.2, 0) is 5.41 Å². The number of benzene rings is 1. The molecule has 4 atom stereocenters. The van der Waals surface area contributed by atoms with Crippen molar-refractivity contribution < 1.29 is 0 Å². The monoisotopic (exact) mass is 368 g/mol. The summed E-state index contributed by atoms with van der Waals surface area (Å²) in [5.41, 5.74) is 8.79. The summed E-state index contributed by atoms with van der Waals surface area (Å²) in [6.45, 7) is 4.70. The average molecular weight is 369 g/mol. The van der Waals surface area contributed by atoms with Crippen LogP contribution in [0.5, 0.6) is 0 Å². The maximum Gasteiger partial charge on any atom is 0.0842 e. The zero-order valence-corrected chi connectivity index (χ0v) is 16.9. The highest BCUT2D eigenvalue weighted by Crippen LogP contribution is 2.70. The van der Waals surface area contributed by atoms with Gasteiger partial charge in [0.15, 0.2) is 0 Å². The third-order valence-electron chi connectivity index (χ3n) is 8.01. The zero-order chi connectivity index (χ0) is 18.0. The first kappa shape index (κ1) is 17.2. The van der Waals surface area contributed by atoms with Gasteiger partial charge in [-0.05, 0) is 73.7 Å². The number of hydrogen-bond donors (Lipinski definition) is 1. The maximum absolute atomic E-state index is 6.24. The maximum atomic E-state index is 6.24. The number of likely N-dealkylation sites (tertiary alicyclic amines) is 1. The van der Waals surface area contributed by atoms with Gasteiger partial charge in [-0.2, -0.15) is 0 Å². The Balaban J connectivity index is 1.51. The molecule has 2 unspecified atom stereocenters. The van der Waals surface area contributed by atoms with Crippen molar-refractivity contribution in [3.05, 3.63) is 35.9 Å². The molecule has 5 aliphatic rings. The van der Waals surface area contributed by atoms with Crippen LogP contribution in [0.2, 0.25) is 0 Å². The quantitative estimate of drug-likeness (QED) is 0.770. The molecule has 6 rings (SSSR count). The Morgan fingerprint density at radius 3 is 2.46 bits per heavy atom. The Kier molecular flexibility index (Phi) is 3.82. The van der Waals surface area contributed by atoms with E-state index in [1.807, 2.05) is 0 Å². The summed E-state index contributed by atoms with van der Waals surface area (Å²) in [7, 11) is 0. The van der Waals surface area contributed by atoms with Crippen molar-refractivity contribution in [1.82, 2.24) is 4.90 Å². The predicted molar refractivity (Wildman–Crippen MR) is 111 cm³/mol. The summed E-state index contributed by atoms with van der Waals surface area (Å²) < 4.78 is 0. The first-order chi connectivity index (χ1) is 12.4. The normalized spacial score (nSPS) is 42.2. The first-order valence-electron chi connectivity index (χ1n) is 10.5. The highest BCUT2D eigenvalue weighted by molar-refractivity contribution is 7.80. The standard InChI is InChI=1S/C23H32N2S/c1-21-11-17-12-22(14-21,18-5-3-2-4-6-18)16-23(13-17,15-21)20(26)25-9-7-19(24)8-10-25/h2-6,17,19H,7-16,24H2,1H3/t17?,21-,22-,23?/m1/s1. The van der Waals surface area contributed by atoms with Gasteiger partial charge in [-0.15, -0.1) is 0 Å². The SMILES string of the molecule is C[C@]12CC3CC(C(=S)N4CCC(N)CC4)(C1)C[C@@](c1ccccc1)(C3)C2. The second-order valence-corrected chi connectivity index (χ2v) is 10.8. The summed E-state index contributed by atoms with van der Waals surface area (Å²) in [6, 6.07) is 11.8. The van der Waals surface area contributed by atoms with E-state index in [2.05, 4.69) is 42.2 Å². The van der Waals surface area contributed by atoms with Crippen LogP contribution in [0.3, 0.4) is 0 Å². The lowest BCUT2D eigenvalue weighted by molar-refractivity contribution is -0.0900. The molecule has 4 bridgehead atoms. The second kappa shape index (κ2) is 5.78. The Morgan fingerprint density at radius 2 is 1.77 bits per heavy atom. The molecule has 0 spiro atoms. The number of nitrogens with two attached hydrogens (primary N) is 1. The van der Waals surface area contributed by atoms with E-state index < -0.39 is 0 Å². The Labute approximate surface area is 163 Å². The topological polar surface area (TPSA) is 29.3 Å². The molecule has 5 fully saturated rings. The van der Waals surface area contributed by atoms with Crippen LogP contribution in [0.4, 0.5) is 0 Å². The number of hydrogen-bond acceptors (Lipinski definition) is 2. The Hall–Kier alpha value is -0.930. The van der Waals surface area contributed by atoms with Crippen molar-refractivity contribution in [3.63, 3.8) is 0 Å². The number of thiocarbonyl (C=S) groups is 1. The minimum Gasteiger partial charge on any atom is -0.366 e. The smallest absolute Gasteiger partial charge is 0.0842 e. The highest BCUT2D eigenvalue weighted by atomic mass is 32.1. The zero-order valence-electron chi connectivity index (χ0n) is 16.0. The van der Waals surface area contributed by atoms with Gasteiger partial charge in [-0.1, -0.05) is 49.5 Å². The van der Waals surface area contributed by atoms with Crippen molar-refractivity contribution in [3.8, 4) is 0 Å². The highest BCUT2D eigenvalue weighted by Gasteiger charge is 2.63. The minimum atomic E-state index is 0.251. The molecule has 3 heteroatoms. The summed E-state index contributed by atoms with van der Waals surface area (Å²) in [5, 5.41) is 0. The largest absolute Gasteiger partial charge is 0.366 e. The van der Waals surface area contributed by atoms with E-state index in [4.69, 9.17) is 18.0 Å². The number of rotatable bonds is 2. The Bertz CT molecular complexity index is 710. The van der Waals surface area contributed by atoms with Crippen molar-refractivity contribution in [1.29, 1.82) is 0 Å². The average Bonchev–Trinajstić information content (AvgIpc) is 2.60. The van der Waals surface area contributed by atoms with E-state index in [1.54, 1.807) is 5.56 Å². The van der Waals surface area contributed by atoms with E-state index in [1.165, 1.54) is 43.5 Å². The summed E-state index contributed by atoms with van der Waals surface area (Å²) in [6.07, 6.45) is 10.3. The number of piperidine rings is 1. The molecular weight excluding hydrogens is 336 g/mol. The molecule has 140 valence electrons. The van der Waals surface area contributed by atoms with Gasteiger partial charge >= 0.3 is 0 Å². The van der Waals surface area contributed by atoms with Crippen molar-refractivity contribution in [2.75, 3.05) is 13.1 Å². The molecule has 1 aliphatic heterocycles. The molecule has 0 radical (unpaired) electrons. The van der Waals surface area contributed by atoms with Crippen molar-refractivity contribution >= 4 is 17.2 Å². The molecule has 1 aromatic carbocycles. The van der Waals surface area contributed by atoms with Gasteiger partial charge in [0.2, 0.25) is 0 Å². The lowest BCUT2D eigenvalue weighted by Gasteiger charge is -2.67. The molecule has 0 aromatic heterocycles. The molecule has 0 amide bonds. The minimum absolute atomic E-state index is 0.251. The molecule has 1 saturated heterocycles. The summed E-state index contributed by atoms with van der Waals surface area (Å²) in [4.78, 5) is 3.83. The third kappa shape index (κ3) is 2.57. The molecule has 1 aromatic rings.